The Morgan fingerprint density at radius 1 is 0.556 bits per heavy atom. The summed E-state index contributed by atoms with van der Waals surface area (Å²) in [6.45, 7) is 4.59. The maximum atomic E-state index is 3.80. The summed E-state index contributed by atoms with van der Waals surface area (Å²) >= 11 is 0. The van der Waals surface area contributed by atoms with Gasteiger partial charge in [0.1, 0.15) is 0 Å². The molecule has 0 aliphatic rings. The van der Waals surface area contributed by atoms with Crippen molar-refractivity contribution in [2.45, 2.75) is 129 Å². The van der Waals surface area contributed by atoms with Crippen LogP contribution in [-0.2, 0) is 0 Å². The van der Waals surface area contributed by atoms with E-state index in [1.807, 2.05) is 0 Å². The second kappa shape index (κ2) is 18.4. The molecule has 1 atom stereocenters. The zero-order valence-electron chi connectivity index (χ0n) is 18.5. The molecule has 1 aromatic carbocycles. The van der Waals surface area contributed by atoms with Crippen molar-refractivity contribution in [3.8, 4) is 0 Å². The van der Waals surface area contributed by atoms with Crippen LogP contribution in [0, 0.1) is 0 Å². The van der Waals surface area contributed by atoms with Gasteiger partial charge in [-0.3, -0.25) is 0 Å². The number of hydrogen-bond acceptors (Lipinski definition) is 1. The van der Waals surface area contributed by atoms with Crippen molar-refractivity contribution in [2.75, 3.05) is 5.32 Å². The minimum atomic E-state index is 0.656. The first kappa shape index (κ1) is 24.1. The van der Waals surface area contributed by atoms with Gasteiger partial charge < -0.3 is 5.32 Å². The average Bonchev–Trinajstić information content (AvgIpc) is 2.69. The fraction of sp³-hybridized carbons (Fsp3) is 0.769. The molecule has 1 rings (SSSR count). The molecule has 0 bridgehead atoms. The van der Waals surface area contributed by atoms with Crippen LogP contribution in [-0.4, -0.2) is 6.04 Å². The molecule has 1 N–H and O–H groups in total. The molecule has 0 heterocycles. The number of hydrogen-bond donors (Lipinski definition) is 1. The first-order valence-corrected chi connectivity index (χ1v) is 12.2. The predicted molar refractivity (Wildman–Crippen MR) is 124 cm³/mol. The van der Waals surface area contributed by atoms with Crippen LogP contribution in [0.15, 0.2) is 30.3 Å². The van der Waals surface area contributed by atoms with Crippen molar-refractivity contribution in [2.24, 2.45) is 0 Å². The molecule has 1 aromatic rings. The minimum Gasteiger partial charge on any atom is -0.382 e. The van der Waals surface area contributed by atoms with Gasteiger partial charge in [0.25, 0.3) is 0 Å². The van der Waals surface area contributed by atoms with E-state index in [0.717, 1.165) is 0 Å². The second-order valence-corrected chi connectivity index (χ2v) is 8.38. The van der Waals surface area contributed by atoms with Crippen molar-refractivity contribution in [3.05, 3.63) is 30.3 Å². The lowest BCUT2D eigenvalue weighted by Crippen LogP contribution is -2.19. The number of benzene rings is 1. The van der Waals surface area contributed by atoms with Crippen molar-refractivity contribution >= 4 is 5.69 Å². The molecular formula is C26H47N. The molecular weight excluding hydrogens is 326 g/mol. The Balaban J connectivity index is 2.14. The Bertz CT molecular complexity index is 400. The molecule has 0 fully saturated rings. The Morgan fingerprint density at radius 2 is 0.963 bits per heavy atom. The summed E-state index contributed by atoms with van der Waals surface area (Å²) in [6, 6.07) is 11.5. The van der Waals surface area contributed by atoms with Crippen LogP contribution in [0.4, 0.5) is 5.69 Å². The van der Waals surface area contributed by atoms with Crippen LogP contribution < -0.4 is 5.32 Å². The number of anilines is 1. The molecule has 0 radical (unpaired) electrons. The molecule has 0 aliphatic carbocycles. The Kier molecular flexibility index (Phi) is 16.4. The van der Waals surface area contributed by atoms with Crippen molar-refractivity contribution in [1.82, 2.24) is 0 Å². The summed E-state index contributed by atoms with van der Waals surface area (Å²) in [6.07, 6.45) is 23.8. The highest BCUT2D eigenvalue weighted by molar-refractivity contribution is 5.43. The lowest BCUT2D eigenvalue weighted by atomic mass is 9.99. The smallest absolute Gasteiger partial charge is 0.0342 e. The van der Waals surface area contributed by atoms with Crippen molar-refractivity contribution in [3.63, 3.8) is 0 Å². The van der Waals surface area contributed by atoms with Crippen LogP contribution in [0.1, 0.15) is 123 Å². The van der Waals surface area contributed by atoms with E-state index in [1.54, 1.807) is 0 Å². The van der Waals surface area contributed by atoms with Crippen LogP contribution in [0.25, 0.3) is 0 Å². The molecule has 0 spiro atoms. The zero-order chi connectivity index (χ0) is 19.4. The number of rotatable bonds is 19. The fourth-order valence-electron chi connectivity index (χ4n) is 3.93. The van der Waals surface area contributed by atoms with E-state index in [9.17, 15) is 0 Å². The van der Waals surface area contributed by atoms with Crippen LogP contribution >= 0.6 is 0 Å². The monoisotopic (exact) mass is 373 g/mol. The average molecular weight is 374 g/mol. The SMILES string of the molecule is CCCCCCCCCCCCC(CCCCCCC)Nc1ccccc1. The molecule has 1 unspecified atom stereocenters. The lowest BCUT2D eigenvalue weighted by Gasteiger charge is -2.20. The Hall–Kier alpha value is -0.980. The quantitative estimate of drug-likeness (QED) is 0.238. The van der Waals surface area contributed by atoms with Crippen molar-refractivity contribution < 1.29 is 0 Å². The van der Waals surface area contributed by atoms with Crippen LogP contribution in [0.3, 0.4) is 0 Å². The molecule has 156 valence electrons. The summed E-state index contributed by atoms with van der Waals surface area (Å²) in [4.78, 5) is 0. The Morgan fingerprint density at radius 3 is 1.41 bits per heavy atom. The van der Waals surface area contributed by atoms with Gasteiger partial charge in [-0.15, -0.1) is 0 Å². The van der Waals surface area contributed by atoms with E-state index < -0.39 is 0 Å². The standard InChI is InChI=1S/C26H47N/c1-3-5-7-9-10-11-12-13-15-18-22-25(21-17-14-8-6-4-2)27-26-23-19-16-20-24-26/h16,19-20,23-25,27H,3-15,17-18,21-22H2,1-2H3. The molecule has 0 amide bonds. The van der Waals surface area contributed by atoms with Crippen LogP contribution in [0.5, 0.6) is 0 Å². The van der Waals surface area contributed by atoms with E-state index >= 15 is 0 Å². The highest BCUT2D eigenvalue weighted by Gasteiger charge is 2.08. The fourth-order valence-corrected chi connectivity index (χ4v) is 3.93. The third-order valence-corrected chi connectivity index (χ3v) is 5.71. The van der Waals surface area contributed by atoms with Gasteiger partial charge in [0.15, 0.2) is 0 Å². The third kappa shape index (κ3) is 14.7. The third-order valence-electron chi connectivity index (χ3n) is 5.71. The largest absolute Gasteiger partial charge is 0.382 e. The molecule has 1 nitrogen and oxygen atoms in total. The second-order valence-electron chi connectivity index (χ2n) is 8.38. The first-order chi connectivity index (χ1) is 13.4. The van der Waals surface area contributed by atoms with Gasteiger partial charge >= 0.3 is 0 Å². The first-order valence-electron chi connectivity index (χ1n) is 12.2. The normalized spacial score (nSPS) is 12.2. The summed E-state index contributed by atoms with van der Waals surface area (Å²) in [7, 11) is 0. The van der Waals surface area contributed by atoms with Gasteiger partial charge in [0, 0.05) is 11.7 Å². The molecule has 0 saturated carbocycles. The van der Waals surface area contributed by atoms with Gasteiger partial charge in [-0.1, -0.05) is 128 Å². The molecule has 0 aliphatic heterocycles. The lowest BCUT2D eigenvalue weighted by molar-refractivity contribution is 0.500. The summed E-state index contributed by atoms with van der Waals surface area (Å²) in [5.41, 5.74) is 1.29. The van der Waals surface area contributed by atoms with E-state index in [0.29, 0.717) is 6.04 Å². The van der Waals surface area contributed by atoms with Gasteiger partial charge in [0.2, 0.25) is 0 Å². The maximum Gasteiger partial charge on any atom is 0.0342 e. The van der Waals surface area contributed by atoms with Crippen molar-refractivity contribution in [1.29, 1.82) is 0 Å². The summed E-state index contributed by atoms with van der Waals surface area (Å²) < 4.78 is 0. The molecule has 27 heavy (non-hydrogen) atoms. The van der Waals surface area contributed by atoms with Gasteiger partial charge in [-0.2, -0.15) is 0 Å². The topological polar surface area (TPSA) is 12.0 Å². The predicted octanol–water partition coefficient (Wildman–Crippen LogP) is 9.14. The van der Waals surface area contributed by atoms with Gasteiger partial charge in [-0.05, 0) is 25.0 Å². The van der Waals surface area contributed by atoms with Gasteiger partial charge in [-0.25, -0.2) is 0 Å². The number of nitrogens with one attached hydrogen (secondary N) is 1. The van der Waals surface area contributed by atoms with E-state index in [-0.39, 0.29) is 0 Å². The van der Waals surface area contributed by atoms with E-state index in [2.05, 4.69) is 49.5 Å². The number of para-hydroxylation sites is 1. The van der Waals surface area contributed by atoms with E-state index in [1.165, 1.54) is 115 Å². The number of unbranched alkanes of at least 4 members (excludes halogenated alkanes) is 13. The molecule has 0 aromatic heterocycles. The van der Waals surface area contributed by atoms with Gasteiger partial charge in [0.05, 0.1) is 0 Å². The zero-order valence-corrected chi connectivity index (χ0v) is 18.5. The summed E-state index contributed by atoms with van der Waals surface area (Å²) in [5.74, 6) is 0. The summed E-state index contributed by atoms with van der Waals surface area (Å²) in [5, 5.41) is 3.80. The highest BCUT2D eigenvalue weighted by atomic mass is 14.9. The highest BCUT2D eigenvalue weighted by Crippen LogP contribution is 2.18. The molecule has 1 heteroatoms. The van der Waals surface area contributed by atoms with E-state index in [4.69, 9.17) is 0 Å². The maximum absolute atomic E-state index is 3.80. The van der Waals surface area contributed by atoms with Crippen LogP contribution in [0.2, 0.25) is 0 Å². The molecule has 0 saturated heterocycles. The Labute approximate surface area is 170 Å². The minimum absolute atomic E-state index is 0.656.